The van der Waals surface area contributed by atoms with Gasteiger partial charge in [0.1, 0.15) is 11.6 Å². The van der Waals surface area contributed by atoms with E-state index in [0.717, 1.165) is 16.5 Å². The monoisotopic (exact) mass is 374 g/mol. The van der Waals surface area contributed by atoms with E-state index in [1.807, 2.05) is 12.1 Å². The van der Waals surface area contributed by atoms with Gasteiger partial charge < -0.3 is 16.2 Å². The molecular weight excluding hydrogens is 356 g/mol. The third-order valence-corrected chi connectivity index (χ3v) is 4.86. The molecule has 3 aromatic heterocycles. The summed E-state index contributed by atoms with van der Waals surface area (Å²) in [5.74, 6) is 0.0559. The van der Waals surface area contributed by atoms with E-state index in [9.17, 15) is 9.90 Å². The van der Waals surface area contributed by atoms with Crippen LogP contribution in [0.15, 0.2) is 36.8 Å². The molecule has 1 saturated carbocycles. The number of nitrogens with two attached hydrogens (primary N) is 1. The van der Waals surface area contributed by atoms with Gasteiger partial charge in [-0.1, -0.05) is 0 Å². The summed E-state index contributed by atoms with van der Waals surface area (Å²) >= 11 is 0. The second-order valence-corrected chi connectivity index (χ2v) is 6.76. The number of aromatic nitrogens is 3. The van der Waals surface area contributed by atoms with Crippen molar-refractivity contribution in [2.75, 3.05) is 17.7 Å². The lowest BCUT2D eigenvalue weighted by molar-refractivity contribution is -0.117. The van der Waals surface area contributed by atoms with Crippen molar-refractivity contribution in [3.05, 3.63) is 42.4 Å². The van der Waals surface area contributed by atoms with Crippen LogP contribution in [0.1, 0.15) is 12.0 Å². The number of amides is 1. The van der Waals surface area contributed by atoms with Crippen LogP contribution in [0.3, 0.4) is 0 Å². The Bertz CT molecular complexity index is 1110. The molecule has 0 aliphatic heterocycles. The lowest BCUT2D eigenvalue weighted by Crippen LogP contribution is -2.15. The number of nitriles is 1. The summed E-state index contributed by atoms with van der Waals surface area (Å²) in [4.78, 5) is 25.0. The van der Waals surface area contributed by atoms with Crippen molar-refractivity contribution in [1.29, 1.82) is 5.26 Å². The minimum Gasteiger partial charge on any atom is -0.396 e. The number of carbonyl (C=O) groups is 1. The largest absolute Gasteiger partial charge is 0.396 e. The Morgan fingerprint density at radius 3 is 3.00 bits per heavy atom. The van der Waals surface area contributed by atoms with Crippen molar-refractivity contribution in [3.63, 3.8) is 0 Å². The lowest BCUT2D eigenvalue weighted by atomic mass is 10.0. The highest BCUT2D eigenvalue weighted by Crippen LogP contribution is 2.38. The van der Waals surface area contributed by atoms with Crippen LogP contribution in [0.2, 0.25) is 0 Å². The Balaban J connectivity index is 1.69. The molecule has 1 amide bonds. The number of rotatable bonds is 5. The maximum absolute atomic E-state index is 12.2. The summed E-state index contributed by atoms with van der Waals surface area (Å²) in [6.07, 6.45) is 6.01. The number of nitrogens with one attached hydrogen (secondary N) is 1. The maximum atomic E-state index is 12.2. The molecule has 0 aromatic carbocycles. The average molecular weight is 374 g/mol. The molecule has 3 heterocycles. The molecule has 1 fully saturated rings. The topological polar surface area (TPSA) is 138 Å². The normalized spacial score (nSPS) is 17.9. The van der Waals surface area contributed by atoms with Crippen LogP contribution in [0, 0.1) is 23.2 Å². The van der Waals surface area contributed by atoms with E-state index in [0.29, 0.717) is 35.6 Å². The molecule has 1 aliphatic carbocycles. The van der Waals surface area contributed by atoms with Gasteiger partial charge in [-0.05, 0) is 42.0 Å². The predicted molar refractivity (Wildman–Crippen MR) is 104 cm³/mol. The van der Waals surface area contributed by atoms with Gasteiger partial charge in [0.2, 0.25) is 5.91 Å². The van der Waals surface area contributed by atoms with Crippen molar-refractivity contribution in [3.8, 4) is 17.3 Å². The maximum Gasteiger partial charge on any atom is 0.230 e. The Morgan fingerprint density at radius 1 is 1.39 bits per heavy atom. The SMILES string of the molecule is N#CC1CC1C(=O)Nc1cc2cc(-c3cnccc3CCO)nc(N)c2cn1. The molecular formula is C20H18N6O2. The summed E-state index contributed by atoms with van der Waals surface area (Å²) < 4.78 is 0. The molecule has 0 radical (unpaired) electrons. The van der Waals surface area contributed by atoms with Gasteiger partial charge in [0.15, 0.2) is 0 Å². The molecule has 0 bridgehead atoms. The first-order valence-electron chi connectivity index (χ1n) is 8.91. The van der Waals surface area contributed by atoms with E-state index in [-0.39, 0.29) is 24.3 Å². The Morgan fingerprint density at radius 2 is 2.25 bits per heavy atom. The molecule has 28 heavy (non-hydrogen) atoms. The zero-order valence-electron chi connectivity index (χ0n) is 15.0. The summed E-state index contributed by atoms with van der Waals surface area (Å²) in [5, 5.41) is 22.4. The van der Waals surface area contributed by atoms with Gasteiger partial charge >= 0.3 is 0 Å². The number of aliphatic hydroxyl groups is 1. The van der Waals surface area contributed by atoms with Crippen LogP contribution in [-0.4, -0.2) is 32.6 Å². The number of aliphatic hydroxyl groups excluding tert-OH is 1. The van der Waals surface area contributed by atoms with Gasteiger partial charge in [-0.2, -0.15) is 5.26 Å². The number of nitrogen functional groups attached to an aromatic ring is 1. The Hall–Kier alpha value is -3.57. The Labute approximate surface area is 161 Å². The van der Waals surface area contributed by atoms with Crippen LogP contribution in [0.5, 0.6) is 0 Å². The van der Waals surface area contributed by atoms with Crippen molar-refractivity contribution < 1.29 is 9.90 Å². The zero-order valence-corrected chi connectivity index (χ0v) is 15.0. The molecule has 2 atom stereocenters. The van der Waals surface area contributed by atoms with Crippen LogP contribution < -0.4 is 11.1 Å². The molecule has 4 rings (SSSR count). The van der Waals surface area contributed by atoms with Gasteiger partial charge in [-0.25, -0.2) is 9.97 Å². The average Bonchev–Trinajstić information content (AvgIpc) is 3.48. The lowest BCUT2D eigenvalue weighted by Gasteiger charge is -2.11. The van der Waals surface area contributed by atoms with Gasteiger partial charge in [0.25, 0.3) is 0 Å². The van der Waals surface area contributed by atoms with E-state index in [1.165, 1.54) is 0 Å². The number of anilines is 2. The van der Waals surface area contributed by atoms with E-state index in [2.05, 4.69) is 26.3 Å². The minimum absolute atomic E-state index is 0.0189. The zero-order chi connectivity index (χ0) is 19.7. The summed E-state index contributed by atoms with van der Waals surface area (Å²) in [5.41, 5.74) is 8.47. The third kappa shape index (κ3) is 3.35. The second kappa shape index (κ2) is 7.21. The van der Waals surface area contributed by atoms with Gasteiger partial charge in [-0.15, -0.1) is 0 Å². The molecule has 8 nitrogen and oxygen atoms in total. The van der Waals surface area contributed by atoms with Crippen molar-refractivity contribution in [2.45, 2.75) is 12.8 Å². The highest BCUT2D eigenvalue weighted by atomic mass is 16.3. The first-order chi connectivity index (χ1) is 13.6. The van der Waals surface area contributed by atoms with Gasteiger partial charge in [0.05, 0.1) is 23.6 Å². The molecule has 0 spiro atoms. The van der Waals surface area contributed by atoms with Gasteiger partial charge in [-0.3, -0.25) is 9.78 Å². The van der Waals surface area contributed by atoms with Crippen molar-refractivity contribution >= 4 is 28.3 Å². The predicted octanol–water partition coefficient (Wildman–Crippen LogP) is 1.91. The quantitative estimate of drug-likeness (QED) is 0.620. The van der Waals surface area contributed by atoms with E-state index in [4.69, 9.17) is 11.0 Å². The van der Waals surface area contributed by atoms with Crippen molar-refractivity contribution in [2.24, 2.45) is 11.8 Å². The van der Waals surface area contributed by atoms with E-state index in [1.54, 1.807) is 24.7 Å². The molecule has 1 aliphatic rings. The number of fused-ring (bicyclic) bond motifs is 1. The summed E-state index contributed by atoms with van der Waals surface area (Å²) in [6.45, 7) is 0.0189. The number of nitrogens with zero attached hydrogens (tertiary/aromatic N) is 4. The van der Waals surface area contributed by atoms with Crippen LogP contribution in [0.4, 0.5) is 11.6 Å². The Kier molecular flexibility index (Phi) is 4.59. The summed E-state index contributed by atoms with van der Waals surface area (Å²) in [6, 6.07) is 7.54. The molecule has 3 aromatic rings. The number of hydrogen-bond donors (Lipinski definition) is 3. The number of carbonyl (C=O) groups excluding carboxylic acids is 1. The fraction of sp³-hybridized carbons (Fsp3) is 0.250. The van der Waals surface area contributed by atoms with Crippen LogP contribution >= 0.6 is 0 Å². The van der Waals surface area contributed by atoms with E-state index >= 15 is 0 Å². The van der Waals surface area contributed by atoms with E-state index < -0.39 is 0 Å². The number of pyridine rings is 3. The fourth-order valence-electron chi connectivity index (χ4n) is 3.22. The second-order valence-electron chi connectivity index (χ2n) is 6.76. The standard InChI is InChI=1S/C20H18N6O2/c21-8-13-5-14(13)20(28)26-18-7-12-6-17(25-19(22)16(12)10-24-18)15-9-23-3-1-11(15)2-4-27/h1,3,6-7,9-10,13-14,27H,2,4-5H2,(H2,22,25)(H,24,26,28). The first kappa shape index (κ1) is 17.8. The third-order valence-electron chi connectivity index (χ3n) is 4.86. The molecule has 8 heteroatoms. The molecule has 0 saturated heterocycles. The smallest absolute Gasteiger partial charge is 0.230 e. The van der Waals surface area contributed by atoms with Crippen molar-refractivity contribution in [1.82, 2.24) is 15.0 Å². The molecule has 140 valence electrons. The van der Waals surface area contributed by atoms with Gasteiger partial charge in [0, 0.05) is 36.1 Å². The van der Waals surface area contributed by atoms with Crippen LogP contribution in [-0.2, 0) is 11.2 Å². The highest BCUT2D eigenvalue weighted by molar-refractivity contribution is 5.98. The minimum atomic E-state index is -0.267. The van der Waals surface area contributed by atoms with Crippen LogP contribution in [0.25, 0.3) is 22.0 Å². The first-order valence-corrected chi connectivity index (χ1v) is 8.91. The summed E-state index contributed by atoms with van der Waals surface area (Å²) in [7, 11) is 0. The molecule has 2 unspecified atom stereocenters. The highest BCUT2D eigenvalue weighted by Gasteiger charge is 2.43. The number of hydrogen-bond acceptors (Lipinski definition) is 7. The fourth-order valence-corrected chi connectivity index (χ4v) is 3.22. The molecule has 4 N–H and O–H groups in total.